The molecule has 2 amide bonds. The van der Waals surface area contributed by atoms with Gasteiger partial charge in [0.1, 0.15) is 0 Å². The molecule has 1 N–H and O–H groups in total. The van der Waals surface area contributed by atoms with Crippen LogP contribution < -0.4 is 14.8 Å². The molecule has 1 aromatic carbocycles. The first-order chi connectivity index (χ1) is 13.0. The van der Waals surface area contributed by atoms with E-state index in [2.05, 4.69) is 10.2 Å². The monoisotopic (exact) mass is 373 g/mol. The van der Waals surface area contributed by atoms with Crippen LogP contribution >= 0.6 is 0 Å². The van der Waals surface area contributed by atoms with E-state index in [9.17, 15) is 9.59 Å². The smallest absolute Gasteiger partial charge is 0.251 e. The van der Waals surface area contributed by atoms with E-state index in [4.69, 9.17) is 9.47 Å². The van der Waals surface area contributed by atoms with E-state index in [0.29, 0.717) is 25.4 Å². The lowest BCUT2D eigenvalue weighted by molar-refractivity contribution is -0.130. The van der Waals surface area contributed by atoms with Gasteiger partial charge >= 0.3 is 0 Å². The molecule has 0 bridgehead atoms. The largest absolute Gasteiger partial charge is 0.448 e. The number of amides is 2. The van der Waals surface area contributed by atoms with Crippen LogP contribution in [0.1, 0.15) is 39.0 Å². The number of benzene rings is 1. The number of piperazine rings is 1. The zero-order valence-corrected chi connectivity index (χ0v) is 15.8. The van der Waals surface area contributed by atoms with E-state index in [1.54, 1.807) is 6.92 Å². The molecule has 0 radical (unpaired) electrons. The molecule has 27 heavy (non-hydrogen) atoms. The first-order valence-corrected chi connectivity index (χ1v) is 9.83. The molecular formula is C20H27N3O4. The van der Waals surface area contributed by atoms with Gasteiger partial charge in [-0.2, -0.15) is 0 Å². The average molecular weight is 373 g/mol. The molecule has 1 aliphatic carbocycles. The fraction of sp³-hybridized carbons (Fsp3) is 0.600. The van der Waals surface area contributed by atoms with Crippen molar-refractivity contribution in [3.63, 3.8) is 0 Å². The van der Waals surface area contributed by atoms with Crippen LogP contribution in [0.3, 0.4) is 0 Å². The van der Waals surface area contributed by atoms with Gasteiger partial charge in [0, 0.05) is 57.7 Å². The lowest BCUT2D eigenvalue weighted by atomic mass is 9.94. The highest BCUT2D eigenvalue weighted by molar-refractivity contribution is 5.92. The lowest BCUT2D eigenvalue weighted by Crippen LogP contribution is -2.49. The fourth-order valence-electron chi connectivity index (χ4n) is 4.09. The summed E-state index contributed by atoms with van der Waals surface area (Å²) in [5, 5.41) is 2.95. The highest BCUT2D eigenvalue weighted by Crippen LogP contribution is 2.46. The molecule has 0 unspecified atom stereocenters. The van der Waals surface area contributed by atoms with Crippen molar-refractivity contribution in [1.29, 1.82) is 0 Å². The Hall–Kier alpha value is -2.28. The van der Waals surface area contributed by atoms with Crippen molar-refractivity contribution in [3.8, 4) is 11.5 Å². The summed E-state index contributed by atoms with van der Waals surface area (Å²) in [6.45, 7) is 4.69. The molecular weight excluding hydrogens is 346 g/mol. The Morgan fingerprint density at radius 3 is 2.44 bits per heavy atom. The molecule has 7 heteroatoms. The first kappa shape index (κ1) is 18.1. The summed E-state index contributed by atoms with van der Waals surface area (Å²) in [6.07, 6.45) is 5.29. The maximum atomic E-state index is 12.4. The van der Waals surface area contributed by atoms with Gasteiger partial charge in [0.15, 0.2) is 11.5 Å². The van der Waals surface area contributed by atoms with E-state index in [0.717, 1.165) is 50.2 Å². The standard InChI is InChI=1S/C20H27N3O4/c1-15(24)23-11-9-22(10-12-23)14-19(25)21-16-5-6-17-18(13-16)27-20(26-17)7-3-2-4-8-20/h5-6,13H,2-4,7-12,14H2,1H3,(H,21,25). The molecule has 1 spiro atoms. The predicted molar refractivity (Wildman–Crippen MR) is 101 cm³/mol. The molecule has 146 valence electrons. The van der Waals surface area contributed by atoms with Gasteiger partial charge in [-0.25, -0.2) is 0 Å². The number of nitrogens with one attached hydrogen (secondary N) is 1. The second-order valence-corrected chi connectivity index (χ2v) is 7.67. The Morgan fingerprint density at radius 1 is 1.04 bits per heavy atom. The third-order valence-electron chi connectivity index (χ3n) is 5.62. The van der Waals surface area contributed by atoms with Crippen LogP contribution in [-0.2, 0) is 9.59 Å². The zero-order chi connectivity index (χ0) is 18.9. The van der Waals surface area contributed by atoms with Crippen LogP contribution in [-0.4, -0.2) is 60.1 Å². The summed E-state index contributed by atoms with van der Waals surface area (Å²) in [4.78, 5) is 27.6. The molecule has 7 nitrogen and oxygen atoms in total. The molecule has 3 aliphatic rings. The van der Waals surface area contributed by atoms with E-state index in [1.807, 2.05) is 23.1 Å². The molecule has 2 aliphatic heterocycles. The number of carbonyl (C=O) groups excluding carboxylic acids is 2. The van der Waals surface area contributed by atoms with Gasteiger partial charge in [-0.3, -0.25) is 14.5 Å². The average Bonchev–Trinajstić information content (AvgIpc) is 2.99. The van der Waals surface area contributed by atoms with Gasteiger partial charge < -0.3 is 19.7 Å². The number of carbonyl (C=O) groups is 2. The Labute approximate surface area is 159 Å². The van der Waals surface area contributed by atoms with E-state index < -0.39 is 5.79 Å². The molecule has 0 atom stereocenters. The first-order valence-electron chi connectivity index (χ1n) is 9.83. The minimum Gasteiger partial charge on any atom is -0.448 e. The lowest BCUT2D eigenvalue weighted by Gasteiger charge is -2.33. The van der Waals surface area contributed by atoms with E-state index in [-0.39, 0.29) is 11.8 Å². The van der Waals surface area contributed by atoms with E-state index in [1.165, 1.54) is 6.42 Å². The van der Waals surface area contributed by atoms with Gasteiger partial charge in [-0.1, -0.05) is 6.42 Å². The number of nitrogens with zero attached hydrogens (tertiary/aromatic N) is 2. The molecule has 1 saturated heterocycles. The maximum Gasteiger partial charge on any atom is 0.251 e. The number of ether oxygens (including phenoxy) is 2. The molecule has 2 fully saturated rings. The summed E-state index contributed by atoms with van der Waals surface area (Å²) in [6, 6.07) is 5.58. The predicted octanol–water partition coefficient (Wildman–Crippen LogP) is 2.22. The van der Waals surface area contributed by atoms with Crippen LogP contribution in [0.2, 0.25) is 0 Å². The molecule has 1 saturated carbocycles. The van der Waals surface area contributed by atoms with Crippen LogP contribution in [0.5, 0.6) is 11.5 Å². The zero-order valence-electron chi connectivity index (χ0n) is 15.8. The number of fused-ring (bicyclic) bond motifs is 1. The van der Waals surface area contributed by atoms with Crippen molar-refractivity contribution in [2.45, 2.75) is 44.8 Å². The Balaban J connectivity index is 1.31. The minimum atomic E-state index is -0.500. The van der Waals surface area contributed by atoms with Gasteiger partial charge in [-0.05, 0) is 25.0 Å². The van der Waals surface area contributed by atoms with Crippen LogP contribution in [0, 0.1) is 0 Å². The quantitative estimate of drug-likeness (QED) is 0.880. The van der Waals surface area contributed by atoms with Crippen LogP contribution in [0.25, 0.3) is 0 Å². The Kier molecular flexibility index (Phi) is 4.95. The third-order valence-corrected chi connectivity index (χ3v) is 5.62. The van der Waals surface area contributed by atoms with Crippen molar-refractivity contribution < 1.29 is 19.1 Å². The van der Waals surface area contributed by atoms with Crippen molar-refractivity contribution in [3.05, 3.63) is 18.2 Å². The second kappa shape index (κ2) is 7.38. The SMILES string of the molecule is CC(=O)N1CCN(CC(=O)Nc2ccc3c(c2)OC2(CCCCC2)O3)CC1. The second-order valence-electron chi connectivity index (χ2n) is 7.67. The fourth-order valence-corrected chi connectivity index (χ4v) is 4.09. The third kappa shape index (κ3) is 4.03. The topological polar surface area (TPSA) is 71.1 Å². The summed E-state index contributed by atoms with van der Waals surface area (Å²) < 4.78 is 12.2. The molecule has 2 heterocycles. The van der Waals surface area contributed by atoms with Crippen molar-refractivity contribution in [2.75, 3.05) is 38.0 Å². The number of anilines is 1. The number of hydrogen-bond acceptors (Lipinski definition) is 5. The highest BCUT2D eigenvalue weighted by atomic mass is 16.7. The Bertz CT molecular complexity index is 722. The Morgan fingerprint density at radius 2 is 1.74 bits per heavy atom. The normalized spacial score (nSPS) is 21.3. The summed E-state index contributed by atoms with van der Waals surface area (Å²) in [7, 11) is 0. The van der Waals surface area contributed by atoms with Gasteiger partial charge in [0.05, 0.1) is 6.54 Å². The van der Waals surface area contributed by atoms with Crippen LogP contribution in [0.4, 0.5) is 5.69 Å². The molecule has 0 aromatic heterocycles. The highest BCUT2D eigenvalue weighted by Gasteiger charge is 2.42. The number of hydrogen-bond donors (Lipinski definition) is 1. The summed E-state index contributed by atoms with van der Waals surface area (Å²) in [5.41, 5.74) is 0.720. The van der Waals surface area contributed by atoms with Gasteiger partial charge in [0.25, 0.3) is 5.79 Å². The van der Waals surface area contributed by atoms with Crippen molar-refractivity contribution >= 4 is 17.5 Å². The number of rotatable bonds is 3. The van der Waals surface area contributed by atoms with Gasteiger partial charge in [-0.15, -0.1) is 0 Å². The van der Waals surface area contributed by atoms with Gasteiger partial charge in [0.2, 0.25) is 11.8 Å². The summed E-state index contributed by atoms with van der Waals surface area (Å²) >= 11 is 0. The van der Waals surface area contributed by atoms with Crippen LogP contribution in [0.15, 0.2) is 18.2 Å². The molecule has 1 aromatic rings. The minimum absolute atomic E-state index is 0.0579. The van der Waals surface area contributed by atoms with E-state index >= 15 is 0 Å². The molecule has 4 rings (SSSR count). The summed E-state index contributed by atoms with van der Waals surface area (Å²) in [5.74, 6) is 1.01. The van der Waals surface area contributed by atoms with Crippen molar-refractivity contribution in [1.82, 2.24) is 9.80 Å². The maximum absolute atomic E-state index is 12.4. The van der Waals surface area contributed by atoms with Crippen molar-refractivity contribution in [2.24, 2.45) is 0 Å².